The van der Waals surface area contributed by atoms with Gasteiger partial charge >= 0.3 is 62.1 Å². The Morgan fingerprint density at radius 3 is 1.61 bits per heavy atom. The van der Waals surface area contributed by atoms with Crippen LogP contribution in [0.1, 0.15) is 18.3 Å². The quantitative estimate of drug-likeness (QED) is 0.433. The van der Waals surface area contributed by atoms with Gasteiger partial charge in [0.1, 0.15) is 0 Å². The molecule has 0 amide bonds. The van der Waals surface area contributed by atoms with Crippen LogP contribution in [0.3, 0.4) is 0 Å². The molecule has 0 atom stereocenters. The molecule has 0 saturated carbocycles. The summed E-state index contributed by atoms with van der Waals surface area (Å²) in [6, 6.07) is 6.09. The van der Waals surface area contributed by atoms with Crippen LogP contribution in [-0.2, 0) is 0 Å². The summed E-state index contributed by atoms with van der Waals surface area (Å²) in [4.78, 5) is 5.38. The van der Waals surface area contributed by atoms with Crippen LogP contribution in [0.5, 0.6) is 0 Å². The zero-order valence-corrected chi connectivity index (χ0v) is 17.1. The second-order valence-corrected chi connectivity index (χ2v) is 60.4. The van der Waals surface area contributed by atoms with E-state index in [4.69, 9.17) is 57.8 Å². The summed E-state index contributed by atoms with van der Waals surface area (Å²) in [6.45, 7) is 6.75. The molecule has 0 aromatic carbocycles. The molecular weight excluding hydrogens is 473 g/mol. The average Bonchev–Trinajstić information content (AvgIpc) is 2.06. The van der Waals surface area contributed by atoms with E-state index in [0.717, 1.165) is 11.4 Å². The second kappa shape index (κ2) is 6.10. The van der Waals surface area contributed by atoms with Crippen LogP contribution in [0, 0.1) is 13.8 Å². The summed E-state index contributed by atoms with van der Waals surface area (Å²) in [5, 5.41) is 0. The minimum atomic E-state index is -5.42. The van der Waals surface area contributed by atoms with Crippen molar-refractivity contribution in [1.29, 1.82) is 0 Å². The van der Waals surface area contributed by atoms with E-state index in [1.54, 1.807) is 0 Å². The van der Waals surface area contributed by atoms with Gasteiger partial charge in [-0.2, -0.15) is 0 Å². The number of halogens is 6. The summed E-state index contributed by atoms with van der Waals surface area (Å²) in [7, 11) is 25.0. The first kappa shape index (κ1) is 19.5. The molecule has 9 heteroatoms. The molecule has 0 aliphatic rings. The first-order valence-corrected chi connectivity index (χ1v) is 24.3. The molecule has 0 saturated heterocycles. The number of aromatic nitrogens is 1. The fraction of sp³-hybridized carbons (Fsp3) is 0.444. The van der Waals surface area contributed by atoms with E-state index in [1.807, 2.05) is 43.7 Å². The molecule has 0 aliphatic carbocycles. The number of nitrogens with zero attached hydrogens (tertiary/aromatic N) is 1. The van der Waals surface area contributed by atoms with Crippen LogP contribution in [0.25, 0.3) is 0 Å². The summed E-state index contributed by atoms with van der Waals surface area (Å²) < 4.78 is 1.85. The van der Waals surface area contributed by atoms with Crippen molar-refractivity contribution in [2.24, 2.45) is 0 Å². The zero-order chi connectivity index (χ0) is 14.7. The topological polar surface area (TPSA) is 13.1 Å². The first-order chi connectivity index (χ1) is 7.70. The van der Waals surface area contributed by atoms with Crippen LogP contribution in [0.2, 0.25) is 0 Å². The van der Waals surface area contributed by atoms with E-state index in [-0.39, 0.29) is 0 Å². The van der Waals surface area contributed by atoms with Crippen LogP contribution in [0.15, 0.2) is 18.2 Å². The number of pyridine rings is 1. The second-order valence-electron chi connectivity index (χ2n) is 3.48. The van der Waals surface area contributed by atoms with Crippen molar-refractivity contribution in [2.75, 3.05) is 6.61 Å². The molecule has 0 radical (unpaired) electrons. The molecule has 1 aromatic rings. The molecule has 0 fully saturated rings. The number of rotatable bonds is 2. The summed E-state index contributed by atoms with van der Waals surface area (Å²) >= 11 is 0. The molecule has 108 valence electrons. The van der Waals surface area contributed by atoms with Gasteiger partial charge in [0, 0.05) is 30.7 Å². The van der Waals surface area contributed by atoms with Crippen LogP contribution < -0.4 is 9.57 Å². The van der Waals surface area contributed by atoms with Gasteiger partial charge in [0.05, 0.1) is 0 Å². The predicted octanol–water partition coefficient (Wildman–Crippen LogP) is 4.80. The minimum absolute atomic E-state index is 0.705. The van der Waals surface area contributed by atoms with Crippen LogP contribution >= 0.6 is 53.0 Å². The number of hydrogen-bond acceptors (Lipinski definition) is 1. The Kier molecular flexibility index (Phi) is 6.61. The van der Waals surface area contributed by atoms with E-state index in [2.05, 4.69) is 0 Å². The Morgan fingerprint density at radius 1 is 1.00 bits per heavy atom. The maximum absolute atomic E-state index is 5.42. The Bertz CT molecular complexity index is 384. The average molecular weight is 487 g/mol. The van der Waals surface area contributed by atoms with Gasteiger partial charge in [-0.1, -0.05) is 0 Å². The summed E-state index contributed by atoms with van der Waals surface area (Å²) in [6.07, 6.45) is 0. The fourth-order valence-corrected chi connectivity index (χ4v) is 1.07. The first-order valence-electron chi connectivity index (χ1n) is 4.88. The molecule has 18 heavy (non-hydrogen) atoms. The molecule has 0 spiro atoms. The van der Waals surface area contributed by atoms with E-state index < -0.39 is 9.14 Å². The van der Waals surface area contributed by atoms with E-state index >= 15 is 0 Å². The van der Waals surface area contributed by atoms with E-state index in [9.17, 15) is 0 Å². The van der Waals surface area contributed by atoms with E-state index in [0.29, 0.717) is 6.61 Å². The van der Waals surface area contributed by atoms with Crippen LogP contribution in [0.4, 0.5) is 0 Å². The van der Waals surface area contributed by atoms with Crippen molar-refractivity contribution in [3.63, 3.8) is 0 Å². The molecule has 0 aliphatic heterocycles. The molecule has 1 rings (SSSR count). The Morgan fingerprint density at radius 2 is 1.33 bits per heavy atom. The molecule has 1 aromatic heterocycles. The third-order valence-corrected chi connectivity index (χ3v) is 1.57. The maximum atomic E-state index is 5.38. The predicted molar refractivity (Wildman–Crippen MR) is 84.1 cm³/mol. The van der Waals surface area contributed by atoms with Crippen molar-refractivity contribution in [3.8, 4) is 0 Å². The molecule has 2 nitrogen and oxygen atoms in total. The zero-order valence-electron chi connectivity index (χ0n) is 10.0. The molecule has 0 bridgehead atoms. The molecule has 1 heterocycles. The summed E-state index contributed by atoms with van der Waals surface area (Å²) in [5.74, 6) is 0. The van der Waals surface area contributed by atoms with Gasteiger partial charge in [-0.05, 0) is 13.0 Å². The van der Waals surface area contributed by atoms with Crippen molar-refractivity contribution in [1.82, 2.24) is 0 Å². The monoisotopic (exact) mass is 483 g/mol. The molecule has 0 unspecified atom stereocenters. The normalized spacial score (nSPS) is 14.9. The Labute approximate surface area is 127 Å². The third kappa shape index (κ3) is 13.9. The third-order valence-electron chi connectivity index (χ3n) is 1.57. The van der Waals surface area contributed by atoms with Crippen molar-refractivity contribution >= 4 is 62.1 Å². The molecular formula is C9H14Cl6NOSb. The summed E-state index contributed by atoms with van der Waals surface area (Å²) in [5.41, 5.74) is 2.26. The Balaban J connectivity index is 0.000000360. The van der Waals surface area contributed by atoms with Gasteiger partial charge in [-0.15, -0.1) is 0 Å². The number of aryl methyl sites for hydroxylation is 2. The molecule has 0 N–H and O–H groups in total. The van der Waals surface area contributed by atoms with Gasteiger partial charge in [0.2, 0.25) is 11.4 Å². The van der Waals surface area contributed by atoms with Gasteiger partial charge in [-0.25, -0.2) is 0 Å². The van der Waals surface area contributed by atoms with Crippen molar-refractivity contribution in [2.45, 2.75) is 20.8 Å². The van der Waals surface area contributed by atoms with Crippen molar-refractivity contribution in [3.05, 3.63) is 29.6 Å². The van der Waals surface area contributed by atoms with Crippen LogP contribution in [-0.4, -0.2) is 15.7 Å². The van der Waals surface area contributed by atoms with E-state index in [1.165, 1.54) is 0 Å². The SMILES string of the molecule is CCO[n+]1c(C)cccc1C.[Cl][Sb-]([Cl])([Cl])([Cl])([Cl])[Cl]. The van der Waals surface area contributed by atoms with Gasteiger partial charge in [-0.3, -0.25) is 4.84 Å². The number of hydrogen-bond donors (Lipinski definition) is 0. The van der Waals surface area contributed by atoms with Gasteiger partial charge in [0.25, 0.3) is 0 Å². The van der Waals surface area contributed by atoms with Gasteiger partial charge in [0.15, 0.2) is 6.61 Å². The van der Waals surface area contributed by atoms with Crippen molar-refractivity contribution < 1.29 is 9.57 Å². The standard InChI is InChI=1S/C9H14NO.6ClH.Sb/c1-4-11-10-8(2)6-5-7-9(10)3;;;;;;;/h5-7H,4H2,1-3H3;6*1H;/q+1;;;;;;;+5/p-6. The fourth-order valence-electron chi connectivity index (χ4n) is 1.07. The van der Waals surface area contributed by atoms with Gasteiger partial charge < -0.3 is 0 Å². The Hall–Kier alpha value is 1.51.